The molecule has 2 aromatic rings. The molecule has 0 aliphatic heterocycles. The first kappa shape index (κ1) is 14.2. The molecule has 0 saturated heterocycles. The van der Waals surface area contributed by atoms with E-state index in [1.165, 1.54) is 11.1 Å². The van der Waals surface area contributed by atoms with E-state index < -0.39 is 0 Å². The van der Waals surface area contributed by atoms with E-state index in [0.717, 1.165) is 29.3 Å². The first-order valence-electron chi connectivity index (χ1n) is 7.42. The molecule has 1 N–H and O–H groups in total. The normalized spacial score (nSPS) is 16.7. The van der Waals surface area contributed by atoms with Crippen molar-refractivity contribution >= 4 is 17.2 Å². The maximum atomic E-state index is 12.1. The predicted molar refractivity (Wildman–Crippen MR) is 83.3 cm³/mol. The van der Waals surface area contributed by atoms with Gasteiger partial charge in [0.05, 0.1) is 6.54 Å². The van der Waals surface area contributed by atoms with Crippen LogP contribution in [0.3, 0.4) is 0 Å². The Morgan fingerprint density at radius 3 is 2.95 bits per heavy atom. The van der Waals surface area contributed by atoms with Crippen LogP contribution in [0.25, 0.3) is 0 Å². The number of carbonyl (C=O) groups is 1. The van der Waals surface area contributed by atoms with E-state index in [9.17, 15) is 4.79 Å². The van der Waals surface area contributed by atoms with E-state index in [-0.39, 0.29) is 5.91 Å². The molecule has 0 saturated carbocycles. The lowest BCUT2D eigenvalue weighted by molar-refractivity contribution is -0.121. The number of hydrogen-bond acceptors (Lipinski definition) is 4. The van der Waals surface area contributed by atoms with E-state index in [2.05, 4.69) is 46.7 Å². The van der Waals surface area contributed by atoms with Crippen LogP contribution in [0.2, 0.25) is 0 Å². The maximum Gasteiger partial charge on any atom is 0.220 e. The summed E-state index contributed by atoms with van der Waals surface area (Å²) < 4.78 is 0. The monoisotopic (exact) mass is 301 g/mol. The highest BCUT2D eigenvalue weighted by molar-refractivity contribution is 7.11. The summed E-state index contributed by atoms with van der Waals surface area (Å²) in [6.45, 7) is 2.55. The Morgan fingerprint density at radius 2 is 2.14 bits per heavy atom. The molecule has 1 aromatic carbocycles. The van der Waals surface area contributed by atoms with Gasteiger partial charge in [0.1, 0.15) is 10.0 Å². The van der Waals surface area contributed by atoms with Crippen molar-refractivity contribution in [1.82, 2.24) is 15.5 Å². The van der Waals surface area contributed by atoms with Gasteiger partial charge in [-0.15, -0.1) is 10.2 Å². The summed E-state index contributed by atoms with van der Waals surface area (Å²) in [7, 11) is 0. The van der Waals surface area contributed by atoms with Crippen LogP contribution in [0.15, 0.2) is 24.3 Å². The highest BCUT2D eigenvalue weighted by Crippen LogP contribution is 2.35. The van der Waals surface area contributed by atoms with E-state index in [0.29, 0.717) is 18.9 Å². The Kier molecular flexibility index (Phi) is 4.29. The molecular formula is C16H19N3OS. The number of carbonyl (C=O) groups excluding carboxylic acids is 1. The van der Waals surface area contributed by atoms with Gasteiger partial charge < -0.3 is 5.32 Å². The topological polar surface area (TPSA) is 54.9 Å². The Labute approximate surface area is 128 Å². The summed E-state index contributed by atoms with van der Waals surface area (Å²) in [5.41, 5.74) is 2.74. The van der Waals surface area contributed by atoms with Crippen LogP contribution in [0.4, 0.5) is 0 Å². The van der Waals surface area contributed by atoms with Gasteiger partial charge in [0, 0.05) is 6.42 Å². The van der Waals surface area contributed by atoms with Crippen LogP contribution in [0, 0.1) is 0 Å². The third kappa shape index (κ3) is 3.29. The summed E-state index contributed by atoms with van der Waals surface area (Å²) >= 11 is 1.57. The molecule has 0 radical (unpaired) electrons. The van der Waals surface area contributed by atoms with Gasteiger partial charge in [-0.05, 0) is 36.3 Å². The fraction of sp³-hybridized carbons (Fsp3) is 0.438. The van der Waals surface area contributed by atoms with Crippen molar-refractivity contribution in [3.8, 4) is 0 Å². The van der Waals surface area contributed by atoms with Crippen molar-refractivity contribution in [2.45, 2.75) is 45.1 Å². The first-order valence-corrected chi connectivity index (χ1v) is 8.23. The number of fused-ring (bicyclic) bond motifs is 1. The van der Waals surface area contributed by atoms with Crippen LogP contribution >= 0.6 is 11.3 Å². The first-order chi connectivity index (χ1) is 10.3. The van der Waals surface area contributed by atoms with Gasteiger partial charge in [-0.1, -0.05) is 42.5 Å². The van der Waals surface area contributed by atoms with E-state index >= 15 is 0 Å². The van der Waals surface area contributed by atoms with Crippen molar-refractivity contribution in [1.29, 1.82) is 0 Å². The number of amides is 1. The largest absolute Gasteiger partial charge is 0.349 e. The molecule has 0 bridgehead atoms. The van der Waals surface area contributed by atoms with Crippen LogP contribution < -0.4 is 5.32 Å². The molecule has 5 heteroatoms. The number of benzene rings is 1. The average molecular weight is 301 g/mol. The molecular weight excluding hydrogens is 282 g/mol. The second-order valence-electron chi connectivity index (χ2n) is 5.36. The molecule has 4 nitrogen and oxygen atoms in total. The molecule has 0 spiro atoms. The van der Waals surface area contributed by atoms with Gasteiger partial charge >= 0.3 is 0 Å². The smallest absolute Gasteiger partial charge is 0.220 e. The molecule has 0 unspecified atom stereocenters. The zero-order valence-corrected chi connectivity index (χ0v) is 12.9. The van der Waals surface area contributed by atoms with Gasteiger partial charge in [0.15, 0.2) is 0 Å². The number of nitrogens with zero attached hydrogens (tertiary/aromatic N) is 2. The lowest BCUT2D eigenvalue weighted by atomic mass is 9.97. The molecule has 1 aromatic heterocycles. The minimum Gasteiger partial charge on any atom is -0.349 e. The molecule has 1 amide bonds. The molecule has 21 heavy (non-hydrogen) atoms. The molecule has 1 atom stereocenters. The molecule has 1 heterocycles. The van der Waals surface area contributed by atoms with Gasteiger partial charge in [0.2, 0.25) is 5.91 Å². The maximum absolute atomic E-state index is 12.1. The number of aryl methyl sites for hydroxylation is 2. The van der Waals surface area contributed by atoms with Crippen molar-refractivity contribution in [3.05, 3.63) is 45.4 Å². The number of hydrogen-bond donors (Lipinski definition) is 1. The summed E-state index contributed by atoms with van der Waals surface area (Å²) in [5, 5.41) is 13.0. The van der Waals surface area contributed by atoms with E-state index in [1.54, 1.807) is 11.3 Å². The second kappa shape index (κ2) is 6.35. The third-order valence-electron chi connectivity index (χ3n) is 3.94. The minimum atomic E-state index is 0.102. The van der Waals surface area contributed by atoms with Gasteiger partial charge in [0.25, 0.3) is 0 Å². The molecule has 0 fully saturated rings. The SMILES string of the molecule is CCc1nnc(CNC(=O)C[C@H]2CCc3ccccc32)s1. The third-order valence-corrected chi connectivity index (χ3v) is 5.00. The fourth-order valence-corrected chi connectivity index (χ4v) is 3.55. The standard InChI is InChI=1S/C16H19N3OS/c1-2-15-18-19-16(21-15)10-17-14(20)9-12-8-7-11-5-3-4-6-13(11)12/h3-6,12H,2,7-10H2,1H3,(H,17,20)/t12-/m1/s1. The van der Waals surface area contributed by atoms with Gasteiger partial charge in [-0.2, -0.15) is 0 Å². The Balaban J connectivity index is 1.53. The molecule has 3 rings (SSSR count). The summed E-state index contributed by atoms with van der Waals surface area (Å²) in [6, 6.07) is 8.45. The zero-order chi connectivity index (χ0) is 14.7. The fourth-order valence-electron chi connectivity index (χ4n) is 2.83. The zero-order valence-electron chi connectivity index (χ0n) is 12.1. The van der Waals surface area contributed by atoms with Gasteiger partial charge in [-0.3, -0.25) is 4.79 Å². The molecule has 1 aliphatic rings. The van der Waals surface area contributed by atoms with Gasteiger partial charge in [-0.25, -0.2) is 0 Å². The van der Waals surface area contributed by atoms with Crippen LogP contribution in [-0.4, -0.2) is 16.1 Å². The Morgan fingerprint density at radius 1 is 1.33 bits per heavy atom. The van der Waals surface area contributed by atoms with E-state index in [4.69, 9.17) is 0 Å². The summed E-state index contributed by atoms with van der Waals surface area (Å²) in [4.78, 5) is 12.1. The van der Waals surface area contributed by atoms with E-state index in [1.807, 2.05) is 0 Å². The highest BCUT2D eigenvalue weighted by atomic mass is 32.1. The van der Waals surface area contributed by atoms with Crippen LogP contribution in [-0.2, 0) is 24.2 Å². The summed E-state index contributed by atoms with van der Waals surface area (Å²) in [6.07, 6.45) is 3.62. The second-order valence-corrected chi connectivity index (χ2v) is 6.50. The molecule has 1 aliphatic carbocycles. The lowest BCUT2D eigenvalue weighted by Gasteiger charge is -2.11. The quantitative estimate of drug-likeness (QED) is 0.924. The van der Waals surface area contributed by atoms with Crippen molar-refractivity contribution in [3.63, 3.8) is 0 Å². The molecule has 110 valence electrons. The summed E-state index contributed by atoms with van der Waals surface area (Å²) in [5.74, 6) is 0.465. The Bertz CT molecular complexity index is 638. The minimum absolute atomic E-state index is 0.102. The lowest BCUT2D eigenvalue weighted by Crippen LogP contribution is -2.24. The van der Waals surface area contributed by atoms with Crippen molar-refractivity contribution < 1.29 is 4.79 Å². The van der Waals surface area contributed by atoms with Crippen LogP contribution in [0.1, 0.15) is 46.8 Å². The van der Waals surface area contributed by atoms with Crippen LogP contribution in [0.5, 0.6) is 0 Å². The Hall–Kier alpha value is -1.75. The number of aromatic nitrogens is 2. The van der Waals surface area contributed by atoms with Crippen molar-refractivity contribution in [2.75, 3.05) is 0 Å². The highest BCUT2D eigenvalue weighted by Gasteiger charge is 2.24. The predicted octanol–water partition coefficient (Wildman–Crippen LogP) is 2.84. The number of rotatable bonds is 5. The van der Waals surface area contributed by atoms with Crippen molar-refractivity contribution in [2.24, 2.45) is 0 Å². The number of nitrogens with one attached hydrogen (secondary N) is 1. The average Bonchev–Trinajstić information content (AvgIpc) is 3.12.